The van der Waals surface area contributed by atoms with Gasteiger partial charge in [0.15, 0.2) is 0 Å². The maximum atomic E-state index is 9.60. The van der Waals surface area contributed by atoms with E-state index in [-0.39, 0.29) is 18.5 Å². The van der Waals surface area contributed by atoms with E-state index in [1.54, 1.807) is 0 Å². The minimum absolute atomic E-state index is 0. The molecule has 1 aromatic carbocycles. The van der Waals surface area contributed by atoms with E-state index in [2.05, 4.69) is 0 Å². The Morgan fingerprint density at radius 1 is 1.23 bits per heavy atom. The van der Waals surface area contributed by atoms with Crippen LogP contribution in [0.15, 0.2) is 30.3 Å². The zero-order valence-corrected chi connectivity index (χ0v) is 8.33. The van der Waals surface area contributed by atoms with Crippen LogP contribution in [0.3, 0.4) is 0 Å². The molecule has 0 fully saturated rings. The highest BCUT2D eigenvalue weighted by atomic mass is 35.5. The zero-order valence-electron chi connectivity index (χ0n) is 7.52. The molecule has 3 N–H and O–H groups in total. The first kappa shape index (κ1) is 12.4. The molecule has 0 saturated heterocycles. The van der Waals surface area contributed by atoms with E-state index < -0.39 is 0 Å². The molecule has 0 aromatic heterocycles. The summed E-state index contributed by atoms with van der Waals surface area (Å²) in [6.07, 6.45) is 1.27. The average molecular weight is 202 g/mol. The van der Waals surface area contributed by atoms with E-state index in [4.69, 9.17) is 5.73 Å². The molecule has 0 saturated carbocycles. The summed E-state index contributed by atoms with van der Waals surface area (Å²) in [4.78, 5) is 0. The van der Waals surface area contributed by atoms with Crippen molar-refractivity contribution in [3.63, 3.8) is 0 Å². The summed E-state index contributed by atoms with van der Waals surface area (Å²) in [5, 5.41) is 9.60. The molecule has 0 amide bonds. The normalized spacial score (nSPS) is 11.8. The van der Waals surface area contributed by atoms with Gasteiger partial charge in [-0.05, 0) is 24.9 Å². The fourth-order valence-electron chi connectivity index (χ4n) is 1.15. The van der Waals surface area contributed by atoms with E-state index in [9.17, 15) is 5.11 Å². The molecule has 3 heteroatoms. The van der Waals surface area contributed by atoms with Gasteiger partial charge in [0, 0.05) is 0 Å². The Hall–Kier alpha value is -0.570. The Morgan fingerprint density at radius 3 is 2.38 bits per heavy atom. The van der Waals surface area contributed by atoms with Crippen LogP contribution in [-0.4, -0.2) is 11.7 Å². The topological polar surface area (TPSA) is 46.2 Å². The molecule has 0 spiro atoms. The summed E-state index contributed by atoms with van der Waals surface area (Å²) in [5.74, 6) is 0. The molecule has 1 aromatic rings. The van der Waals surface area contributed by atoms with Crippen molar-refractivity contribution in [2.75, 3.05) is 6.54 Å². The predicted octanol–water partition coefficient (Wildman–Crippen LogP) is 1.88. The Morgan fingerprint density at radius 2 is 1.85 bits per heavy atom. The van der Waals surface area contributed by atoms with Gasteiger partial charge in [-0.1, -0.05) is 30.3 Å². The Bertz CT molecular complexity index is 215. The molecule has 0 aliphatic heterocycles. The predicted molar refractivity (Wildman–Crippen MR) is 56.9 cm³/mol. The SMILES string of the molecule is Cl.NCCCC(O)c1ccccc1. The lowest BCUT2D eigenvalue weighted by atomic mass is 10.1. The first-order chi connectivity index (χ1) is 5.84. The highest BCUT2D eigenvalue weighted by Crippen LogP contribution is 2.16. The van der Waals surface area contributed by atoms with Crippen LogP contribution < -0.4 is 5.73 Å². The molecule has 0 radical (unpaired) electrons. The van der Waals surface area contributed by atoms with Crippen LogP contribution in [0.4, 0.5) is 0 Å². The number of benzene rings is 1. The van der Waals surface area contributed by atoms with Gasteiger partial charge in [0.1, 0.15) is 0 Å². The second-order valence-corrected chi connectivity index (χ2v) is 2.86. The molecule has 13 heavy (non-hydrogen) atoms. The Kier molecular flexibility index (Phi) is 6.59. The third-order valence-corrected chi connectivity index (χ3v) is 1.87. The van der Waals surface area contributed by atoms with Crippen LogP contribution >= 0.6 is 12.4 Å². The second-order valence-electron chi connectivity index (χ2n) is 2.86. The van der Waals surface area contributed by atoms with Gasteiger partial charge in [-0.3, -0.25) is 0 Å². The fourth-order valence-corrected chi connectivity index (χ4v) is 1.15. The molecule has 0 bridgehead atoms. The smallest absolute Gasteiger partial charge is 0.0790 e. The van der Waals surface area contributed by atoms with Crippen molar-refractivity contribution in [1.29, 1.82) is 0 Å². The number of nitrogens with two attached hydrogens (primary N) is 1. The van der Waals surface area contributed by atoms with Crippen LogP contribution in [0.5, 0.6) is 0 Å². The highest BCUT2D eigenvalue weighted by Gasteiger charge is 2.04. The monoisotopic (exact) mass is 201 g/mol. The van der Waals surface area contributed by atoms with E-state index in [1.807, 2.05) is 30.3 Å². The quantitative estimate of drug-likeness (QED) is 0.782. The van der Waals surface area contributed by atoms with Gasteiger partial charge in [-0.15, -0.1) is 12.4 Å². The van der Waals surface area contributed by atoms with Crippen molar-refractivity contribution in [3.05, 3.63) is 35.9 Å². The van der Waals surface area contributed by atoms with Crippen LogP contribution in [-0.2, 0) is 0 Å². The van der Waals surface area contributed by atoms with E-state index in [1.165, 1.54) is 0 Å². The lowest BCUT2D eigenvalue weighted by Crippen LogP contribution is -2.03. The average Bonchev–Trinajstić information content (AvgIpc) is 2.15. The number of rotatable bonds is 4. The summed E-state index contributed by atoms with van der Waals surface area (Å²) < 4.78 is 0. The van der Waals surface area contributed by atoms with Gasteiger partial charge < -0.3 is 10.8 Å². The molecule has 2 nitrogen and oxygen atoms in total. The molecule has 1 rings (SSSR count). The highest BCUT2D eigenvalue weighted by molar-refractivity contribution is 5.85. The Balaban J connectivity index is 0.00000144. The number of hydrogen-bond acceptors (Lipinski definition) is 2. The van der Waals surface area contributed by atoms with Crippen molar-refractivity contribution in [1.82, 2.24) is 0 Å². The molecule has 1 atom stereocenters. The van der Waals surface area contributed by atoms with E-state index >= 15 is 0 Å². The Labute approximate surface area is 85.2 Å². The number of hydrogen-bond donors (Lipinski definition) is 2. The molecule has 0 aliphatic rings. The van der Waals surface area contributed by atoms with Gasteiger partial charge in [-0.2, -0.15) is 0 Å². The summed E-state index contributed by atoms with van der Waals surface area (Å²) >= 11 is 0. The summed E-state index contributed by atoms with van der Waals surface area (Å²) in [6, 6.07) is 9.67. The summed E-state index contributed by atoms with van der Waals surface area (Å²) in [7, 11) is 0. The van der Waals surface area contributed by atoms with Crippen LogP contribution in [0.25, 0.3) is 0 Å². The number of aliphatic hydroxyl groups excluding tert-OH is 1. The first-order valence-electron chi connectivity index (χ1n) is 4.27. The van der Waals surface area contributed by atoms with Gasteiger partial charge in [0.25, 0.3) is 0 Å². The van der Waals surface area contributed by atoms with Crippen LogP contribution in [0, 0.1) is 0 Å². The van der Waals surface area contributed by atoms with Crippen molar-refractivity contribution < 1.29 is 5.11 Å². The molecule has 74 valence electrons. The molecule has 1 unspecified atom stereocenters. The van der Waals surface area contributed by atoms with Crippen molar-refractivity contribution >= 4 is 12.4 Å². The standard InChI is InChI=1S/C10H15NO.ClH/c11-8-4-7-10(12)9-5-2-1-3-6-9;/h1-3,5-6,10,12H,4,7-8,11H2;1H. The fraction of sp³-hybridized carbons (Fsp3) is 0.400. The lowest BCUT2D eigenvalue weighted by Gasteiger charge is -2.09. The second kappa shape index (κ2) is 6.89. The minimum atomic E-state index is -0.352. The van der Waals surface area contributed by atoms with Crippen molar-refractivity contribution in [3.8, 4) is 0 Å². The van der Waals surface area contributed by atoms with E-state index in [0.717, 1.165) is 18.4 Å². The first-order valence-corrected chi connectivity index (χ1v) is 4.27. The lowest BCUT2D eigenvalue weighted by molar-refractivity contribution is 0.165. The third kappa shape index (κ3) is 4.27. The van der Waals surface area contributed by atoms with Crippen LogP contribution in [0.1, 0.15) is 24.5 Å². The third-order valence-electron chi connectivity index (χ3n) is 1.87. The number of halogens is 1. The maximum Gasteiger partial charge on any atom is 0.0790 e. The van der Waals surface area contributed by atoms with E-state index in [0.29, 0.717) is 6.54 Å². The van der Waals surface area contributed by atoms with Gasteiger partial charge >= 0.3 is 0 Å². The summed E-state index contributed by atoms with van der Waals surface area (Å²) in [6.45, 7) is 0.643. The minimum Gasteiger partial charge on any atom is -0.388 e. The van der Waals surface area contributed by atoms with Gasteiger partial charge in [0.2, 0.25) is 0 Å². The molecular weight excluding hydrogens is 186 g/mol. The molecular formula is C10H16ClNO. The summed E-state index contributed by atoms with van der Waals surface area (Å²) in [5.41, 5.74) is 6.32. The largest absolute Gasteiger partial charge is 0.388 e. The van der Waals surface area contributed by atoms with Gasteiger partial charge in [0.05, 0.1) is 6.10 Å². The maximum absolute atomic E-state index is 9.60. The van der Waals surface area contributed by atoms with Crippen LogP contribution in [0.2, 0.25) is 0 Å². The molecule has 0 heterocycles. The number of aliphatic hydroxyl groups is 1. The molecule has 0 aliphatic carbocycles. The van der Waals surface area contributed by atoms with Gasteiger partial charge in [-0.25, -0.2) is 0 Å². The zero-order chi connectivity index (χ0) is 8.81. The van der Waals surface area contributed by atoms with Crippen molar-refractivity contribution in [2.24, 2.45) is 5.73 Å². The van der Waals surface area contributed by atoms with Crippen molar-refractivity contribution in [2.45, 2.75) is 18.9 Å².